The fourth-order valence-corrected chi connectivity index (χ4v) is 4.60. The highest BCUT2D eigenvalue weighted by Crippen LogP contribution is 2.38. The van der Waals surface area contributed by atoms with Gasteiger partial charge in [-0.25, -0.2) is 9.69 Å². The van der Waals surface area contributed by atoms with Crippen LogP contribution in [0.1, 0.15) is 18.1 Å². The molecule has 0 spiro atoms. The quantitative estimate of drug-likeness (QED) is 0.257. The molecule has 1 fully saturated rings. The van der Waals surface area contributed by atoms with Crippen LogP contribution in [-0.4, -0.2) is 37.0 Å². The number of carbonyl (C=O) groups excluding carboxylic acids is 4. The number of hydrogen-bond acceptors (Lipinski definition) is 6. The topological polar surface area (TPSA) is 114 Å². The first kappa shape index (κ1) is 27.9. The Morgan fingerprint density at radius 1 is 1.08 bits per heavy atom. The van der Waals surface area contributed by atoms with Crippen molar-refractivity contribution in [1.29, 1.82) is 0 Å². The standard InChI is InChI=1S/C28H23BrClN3O6/c1-3-38-23-14-17(13-20(29)25(23)39-15-24(34)31-18-8-6-7-16(2)11-18)12-19-26(35)32-28(37)33(27(19)36)22-10-5-4-9-21(22)30/h4-14H,3,15H2,1-2H3,(H,31,34)(H,32,35,37)/b19-12+. The van der Waals surface area contributed by atoms with E-state index < -0.39 is 17.8 Å². The Kier molecular flexibility index (Phi) is 8.68. The molecule has 4 rings (SSSR count). The Bertz CT molecular complexity index is 1510. The van der Waals surface area contributed by atoms with E-state index in [1.807, 2.05) is 25.1 Å². The van der Waals surface area contributed by atoms with Crippen molar-refractivity contribution in [3.05, 3.63) is 86.9 Å². The molecule has 11 heteroatoms. The molecule has 0 bridgehead atoms. The summed E-state index contributed by atoms with van der Waals surface area (Å²) in [7, 11) is 0. The molecule has 1 saturated heterocycles. The van der Waals surface area contributed by atoms with Gasteiger partial charge >= 0.3 is 6.03 Å². The van der Waals surface area contributed by atoms with Crippen molar-refractivity contribution in [2.75, 3.05) is 23.4 Å². The van der Waals surface area contributed by atoms with E-state index in [4.69, 9.17) is 21.1 Å². The van der Waals surface area contributed by atoms with Crippen LogP contribution in [0.15, 0.2) is 70.7 Å². The maximum atomic E-state index is 13.2. The number of nitrogens with one attached hydrogen (secondary N) is 2. The number of barbiturate groups is 1. The molecule has 3 aromatic carbocycles. The summed E-state index contributed by atoms with van der Waals surface area (Å²) in [5.74, 6) is -1.50. The van der Waals surface area contributed by atoms with E-state index in [9.17, 15) is 19.2 Å². The predicted octanol–water partition coefficient (Wildman–Crippen LogP) is 5.49. The molecule has 1 aliphatic rings. The van der Waals surface area contributed by atoms with Crippen molar-refractivity contribution in [1.82, 2.24) is 5.32 Å². The van der Waals surface area contributed by atoms with Crippen LogP contribution >= 0.6 is 27.5 Å². The molecule has 39 heavy (non-hydrogen) atoms. The number of halogens is 2. The molecule has 3 aromatic rings. The molecule has 0 unspecified atom stereocenters. The number of anilines is 2. The maximum absolute atomic E-state index is 13.2. The van der Waals surface area contributed by atoms with Crippen molar-refractivity contribution >= 4 is 68.7 Å². The second kappa shape index (κ2) is 12.1. The number of nitrogens with zero attached hydrogens (tertiary/aromatic N) is 1. The number of para-hydroxylation sites is 1. The number of ether oxygens (including phenoxy) is 2. The lowest BCUT2D eigenvalue weighted by Gasteiger charge is -2.27. The van der Waals surface area contributed by atoms with Crippen LogP contribution in [0, 0.1) is 6.92 Å². The Labute approximate surface area is 237 Å². The average Bonchev–Trinajstić information content (AvgIpc) is 2.87. The first-order chi connectivity index (χ1) is 18.7. The zero-order valence-electron chi connectivity index (χ0n) is 20.9. The summed E-state index contributed by atoms with van der Waals surface area (Å²) < 4.78 is 11.9. The lowest BCUT2D eigenvalue weighted by Crippen LogP contribution is -2.54. The third-order valence-electron chi connectivity index (χ3n) is 5.49. The highest BCUT2D eigenvalue weighted by atomic mass is 79.9. The fourth-order valence-electron chi connectivity index (χ4n) is 3.81. The number of carbonyl (C=O) groups is 4. The average molecular weight is 613 g/mol. The Balaban J connectivity index is 1.59. The van der Waals surface area contributed by atoms with Gasteiger partial charge in [-0.1, -0.05) is 35.9 Å². The molecular weight excluding hydrogens is 590 g/mol. The SMILES string of the molecule is CCOc1cc(/C=C2\C(=O)NC(=O)N(c3ccccc3Cl)C2=O)cc(Br)c1OCC(=O)Nc1cccc(C)c1. The van der Waals surface area contributed by atoms with E-state index in [1.165, 1.54) is 18.2 Å². The summed E-state index contributed by atoms with van der Waals surface area (Å²) in [4.78, 5) is 51.5. The summed E-state index contributed by atoms with van der Waals surface area (Å²) in [6.45, 7) is 3.69. The fraction of sp³-hybridized carbons (Fsp3) is 0.143. The van der Waals surface area contributed by atoms with Crippen LogP contribution in [-0.2, 0) is 14.4 Å². The van der Waals surface area contributed by atoms with Gasteiger partial charge in [-0.3, -0.25) is 19.7 Å². The minimum absolute atomic E-state index is 0.143. The van der Waals surface area contributed by atoms with Gasteiger partial charge in [-0.15, -0.1) is 0 Å². The normalized spacial score (nSPS) is 14.3. The molecule has 1 heterocycles. The molecule has 0 atom stereocenters. The third kappa shape index (κ3) is 6.47. The molecular formula is C28H23BrClN3O6. The minimum atomic E-state index is -0.904. The van der Waals surface area contributed by atoms with Gasteiger partial charge in [0.05, 0.1) is 21.8 Å². The van der Waals surface area contributed by atoms with Crippen molar-refractivity contribution in [2.45, 2.75) is 13.8 Å². The largest absolute Gasteiger partial charge is 0.490 e. The zero-order valence-corrected chi connectivity index (χ0v) is 23.3. The Morgan fingerprint density at radius 2 is 1.85 bits per heavy atom. The second-order valence-electron chi connectivity index (χ2n) is 8.38. The van der Waals surface area contributed by atoms with Crippen LogP contribution in [0.2, 0.25) is 5.02 Å². The molecule has 200 valence electrons. The number of urea groups is 1. The highest BCUT2D eigenvalue weighted by Gasteiger charge is 2.37. The molecule has 9 nitrogen and oxygen atoms in total. The summed E-state index contributed by atoms with van der Waals surface area (Å²) in [5.41, 5.74) is 1.92. The molecule has 2 N–H and O–H groups in total. The van der Waals surface area contributed by atoms with Crippen LogP contribution < -0.4 is 25.0 Å². The minimum Gasteiger partial charge on any atom is -0.490 e. The van der Waals surface area contributed by atoms with E-state index in [-0.39, 0.29) is 46.9 Å². The van der Waals surface area contributed by atoms with Crippen LogP contribution in [0.25, 0.3) is 6.08 Å². The molecule has 0 aliphatic carbocycles. The zero-order chi connectivity index (χ0) is 28.1. The second-order valence-corrected chi connectivity index (χ2v) is 9.64. The van der Waals surface area contributed by atoms with Gasteiger partial charge in [-0.05, 0) is 83.4 Å². The van der Waals surface area contributed by atoms with Gasteiger partial charge in [0.1, 0.15) is 5.57 Å². The highest BCUT2D eigenvalue weighted by molar-refractivity contribution is 9.10. The van der Waals surface area contributed by atoms with E-state index in [2.05, 4.69) is 26.6 Å². The number of hydrogen-bond donors (Lipinski definition) is 2. The first-order valence-corrected chi connectivity index (χ1v) is 13.0. The summed E-state index contributed by atoms with van der Waals surface area (Å²) in [6.07, 6.45) is 1.33. The summed E-state index contributed by atoms with van der Waals surface area (Å²) >= 11 is 9.61. The van der Waals surface area contributed by atoms with Crippen LogP contribution in [0.4, 0.5) is 16.2 Å². The maximum Gasteiger partial charge on any atom is 0.335 e. The molecule has 5 amide bonds. The van der Waals surface area contributed by atoms with Gasteiger partial charge in [0, 0.05) is 5.69 Å². The van der Waals surface area contributed by atoms with E-state index in [1.54, 1.807) is 37.3 Å². The lowest BCUT2D eigenvalue weighted by molar-refractivity contribution is -0.122. The lowest BCUT2D eigenvalue weighted by atomic mass is 10.1. The van der Waals surface area contributed by atoms with Gasteiger partial charge in [0.2, 0.25) is 0 Å². The summed E-state index contributed by atoms with van der Waals surface area (Å²) in [5, 5.41) is 5.11. The third-order valence-corrected chi connectivity index (χ3v) is 6.40. The molecule has 1 aliphatic heterocycles. The van der Waals surface area contributed by atoms with Crippen molar-refractivity contribution in [3.8, 4) is 11.5 Å². The molecule has 0 radical (unpaired) electrons. The van der Waals surface area contributed by atoms with Gasteiger partial charge in [0.15, 0.2) is 18.1 Å². The van der Waals surface area contributed by atoms with E-state index in [0.717, 1.165) is 10.5 Å². The molecule has 0 saturated carbocycles. The smallest absolute Gasteiger partial charge is 0.335 e. The summed E-state index contributed by atoms with van der Waals surface area (Å²) in [6, 6.07) is 15.9. The number of amides is 5. The number of imide groups is 2. The van der Waals surface area contributed by atoms with Crippen molar-refractivity contribution < 1.29 is 28.7 Å². The van der Waals surface area contributed by atoms with Crippen LogP contribution in [0.5, 0.6) is 11.5 Å². The number of rotatable bonds is 8. The van der Waals surface area contributed by atoms with E-state index >= 15 is 0 Å². The monoisotopic (exact) mass is 611 g/mol. The Morgan fingerprint density at radius 3 is 2.56 bits per heavy atom. The van der Waals surface area contributed by atoms with Gasteiger partial charge in [0.25, 0.3) is 17.7 Å². The first-order valence-electron chi connectivity index (χ1n) is 11.8. The van der Waals surface area contributed by atoms with Crippen molar-refractivity contribution in [2.24, 2.45) is 0 Å². The van der Waals surface area contributed by atoms with E-state index in [0.29, 0.717) is 15.7 Å². The Hall–Kier alpha value is -4.15. The van der Waals surface area contributed by atoms with Gasteiger partial charge in [-0.2, -0.15) is 0 Å². The molecule has 0 aromatic heterocycles. The number of benzene rings is 3. The van der Waals surface area contributed by atoms with Crippen molar-refractivity contribution in [3.63, 3.8) is 0 Å². The predicted molar refractivity (Wildman–Crippen MR) is 151 cm³/mol. The van der Waals surface area contributed by atoms with Gasteiger partial charge < -0.3 is 14.8 Å². The van der Waals surface area contributed by atoms with Crippen LogP contribution in [0.3, 0.4) is 0 Å². The number of aryl methyl sites for hydroxylation is 1.